The fourth-order valence-corrected chi connectivity index (χ4v) is 1.94. The Labute approximate surface area is 148 Å². The standard InChI is InChI=1S/C19H24N2O4/c1-21(2)17(22)11-6-4-5-8-15-9-7-10-16(14-15)19(24)20-13-12-18(23)25-3/h7,9-10,14H,4,6,11-13H2,1-3H3,(H,20,24). The fourth-order valence-electron chi connectivity index (χ4n) is 1.94. The molecule has 134 valence electrons. The Morgan fingerprint density at radius 3 is 2.64 bits per heavy atom. The maximum absolute atomic E-state index is 12.0. The molecule has 0 heterocycles. The van der Waals surface area contributed by atoms with Crippen molar-refractivity contribution < 1.29 is 19.1 Å². The molecule has 0 aliphatic heterocycles. The lowest BCUT2D eigenvalue weighted by atomic mass is 10.1. The maximum Gasteiger partial charge on any atom is 0.307 e. The van der Waals surface area contributed by atoms with Crippen molar-refractivity contribution in [2.24, 2.45) is 0 Å². The molecule has 6 heteroatoms. The molecule has 0 aliphatic carbocycles. The Morgan fingerprint density at radius 1 is 1.20 bits per heavy atom. The van der Waals surface area contributed by atoms with Crippen molar-refractivity contribution in [1.82, 2.24) is 10.2 Å². The van der Waals surface area contributed by atoms with Gasteiger partial charge in [0.05, 0.1) is 13.5 Å². The first-order valence-electron chi connectivity index (χ1n) is 8.08. The number of methoxy groups -OCH3 is 1. The number of amides is 2. The predicted molar refractivity (Wildman–Crippen MR) is 94.8 cm³/mol. The summed E-state index contributed by atoms with van der Waals surface area (Å²) in [6.45, 7) is 0.224. The van der Waals surface area contributed by atoms with Crippen LogP contribution in [0, 0.1) is 11.8 Å². The minimum atomic E-state index is -0.368. The summed E-state index contributed by atoms with van der Waals surface area (Å²) in [6.07, 6.45) is 1.94. The van der Waals surface area contributed by atoms with Gasteiger partial charge in [0.15, 0.2) is 0 Å². The van der Waals surface area contributed by atoms with Crippen LogP contribution in [0.5, 0.6) is 0 Å². The van der Waals surface area contributed by atoms with E-state index < -0.39 is 0 Å². The third kappa shape index (κ3) is 8.02. The third-order valence-electron chi connectivity index (χ3n) is 3.39. The van der Waals surface area contributed by atoms with Crippen LogP contribution in [0.3, 0.4) is 0 Å². The highest BCUT2D eigenvalue weighted by Gasteiger charge is 2.07. The molecule has 0 unspecified atom stereocenters. The van der Waals surface area contributed by atoms with Crippen LogP contribution in [0.1, 0.15) is 41.6 Å². The molecule has 6 nitrogen and oxygen atoms in total. The number of hydrogen-bond donors (Lipinski definition) is 1. The van der Waals surface area contributed by atoms with Crippen molar-refractivity contribution in [3.05, 3.63) is 35.4 Å². The van der Waals surface area contributed by atoms with E-state index in [4.69, 9.17) is 0 Å². The first-order valence-corrected chi connectivity index (χ1v) is 8.08. The van der Waals surface area contributed by atoms with Crippen molar-refractivity contribution in [1.29, 1.82) is 0 Å². The molecule has 0 spiro atoms. The molecule has 2 amide bonds. The molecule has 0 bridgehead atoms. The number of benzene rings is 1. The van der Waals surface area contributed by atoms with Crippen LogP contribution in [0.4, 0.5) is 0 Å². The van der Waals surface area contributed by atoms with E-state index >= 15 is 0 Å². The summed E-state index contributed by atoms with van der Waals surface area (Å²) in [6, 6.07) is 6.97. The first kappa shape index (κ1) is 20.2. The van der Waals surface area contributed by atoms with E-state index in [1.54, 1.807) is 37.2 Å². The molecule has 0 aromatic heterocycles. The number of hydrogen-bond acceptors (Lipinski definition) is 4. The molecule has 0 fully saturated rings. The van der Waals surface area contributed by atoms with Crippen molar-refractivity contribution in [3.8, 4) is 11.8 Å². The molecule has 1 rings (SSSR count). The molecular formula is C19H24N2O4. The number of ether oxygens (including phenoxy) is 1. The van der Waals surface area contributed by atoms with E-state index in [1.165, 1.54) is 7.11 Å². The smallest absolute Gasteiger partial charge is 0.307 e. The Balaban J connectivity index is 2.49. The normalized spacial score (nSPS) is 9.56. The van der Waals surface area contributed by atoms with Gasteiger partial charge in [0.2, 0.25) is 5.91 Å². The molecule has 0 aliphatic rings. The van der Waals surface area contributed by atoms with E-state index in [9.17, 15) is 14.4 Å². The van der Waals surface area contributed by atoms with E-state index in [0.29, 0.717) is 24.8 Å². The van der Waals surface area contributed by atoms with Gasteiger partial charge in [-0.05, 0) is 24.6 Å². The zero-order valence-corrected chi connectivity index (χ0v) is 14.9. The Morgan fingerprint density at radius 2 is 1.96 bits per heavy atom. The van der Waals surface area contributed by atoms with Crippen molar-refractivity contribution >= 4 is 17.8 Å². The molecule has 0 atom stereocenters. The number of unbranched alkanes of at least 4 members (excludes halogenated alkanes) is 1. The molecule has 1 aromatic carbocycles. The Kier molecular flexibility index (Phi) is 8.80. The van der Waals surface area contributed by atoms with Crippen LogP contribution >= 0.6 is 0 Å². The van der Waals surface area contributed by atoms with Crippen LogP contribution in [0.25, 0.3) is 0 Å². The molecular weight excluding hydrogens is 320 g/mol. The molecule has 0 radical (unpaired) electrons. The van der Waals surface area contributed by atoms with Crippen molar-refractivity contribution in [2.75, 3.05) is 27.7 Å². The number of rotatable bonds is 7. The SMILES string of the molecule is COC(=O)CCNC(=O)c1cccc(C#CCCCC(=O)N(C)C)c1. The Hall–Kier alpha value is -2.81. The van der Waals surface area contributed by atoms with Gasteiger partial charge in [0, 0.05) is 44.6 Å². The third-order valence-corrected chi connectivity index (χ3v) is 3.39. The quantitative estimate of drug-likeness (QED) is 0.463. The van der Waals surface area contributed by atoms with E-state index in [0.717, 1.165) is 5.56 Å². The topological polar surface area (TPSA) is 75.7 Å². The van der Waals surface area contributed by atoms with Gasteiger partial charge < -0.3 is 15.0 Å². The average molecular weight is 344 g/mol. The molecule has 1 aromatic rings. The van der Waals surface area contributed by atoms with Crippen LogP contribution in [0.15, 0.2) is 24.3 Å². The number of esters is 1. The van der Waals surface area contributed by atoms with E-state index in [2.05, 4.69) is 21.9 Å². The summed E-state index contributed by atoms with van der Waals surface area (Å²) >= 11 is 0. The first-order chi connectivity index (χ1) is 11.9. The van der Waals surface area contributed by atoms with Crippen LogP contribution in [0.2, 0.25) is 0 Å². The lowest BCUT2D eigenvalue weighted by Crippen LogP contribution is -2.26. The molecule has 0 saturated carbocycles. The van der Waals surface area contributed by atoms with Crippen molar-refractivity contribution in [3.63, 3.8) is 0 Å². The summed E-state index contributed by atoms with van der Waals surface area (Å²) < 4.78 is 4.52. The predicted octanol–water partition coefficient (Wildman–Crippen LogP) is 1.59. The maximum atomic E-state index is 12.0. The van der Waals surface area contributed by atoms with Gasteiger partial charge in [-0.1, -0.05) is 17.9 Å². The summed E-state index contributed by atoms with van der Waals surface area (Å²) in [5, 5.41) is 2.66. The van der Waals surface area contributed by atoms with Gasteiger partial charge in [0.1, 0.15) is 0 Å². The minimum Gasteiger partial charge on any atom is -0.469 e. The zero-order valence-electron chi connectivity index (χ0n) is 14.9. The summed E-state index contributed by atoms with van der Waals surface area (Å²) in [5.74, 6) is 5.47. The molecule has 25 heavy (non-hydrogen) atoms. The van der Waals surface area contributed by atoms with Crippen LogP contribution < -0.4 is 5.32 Å². The highest BCUT2D eigenvalue weighted by atomic mass is 16.5. The monoisotopic (exact) mass is 344 g/mol. The minimum absolute atomic E-state index is 0.0902. The molecule has 0 saturated heterocycles. The van der Waals surface area contributed by atoms with Gasteiger partial charge in [-0.2, -0.15) is 0 Å². The van der Waals surface area contributed by atoms with E-state index in [-0.39, 0.29) is 30.7 Å². The fraction of sp³-hybridized carbons (Fsp3) is 0.421. The highest BCUT2D eigenvalue weighted by Crippen LogP contribution is 2.05. The van der Waals surface area contributed by atoms with Gasteiger partial charge in [-0.15, -0.1) is 0 Å². The van der Waals surface area contributed by atoms with Crippen LogP contribution in [-0.2, 0) is 14.3 Å². The summed E-state index contributed by atoms with van der Waals surface area (Å²) in [4.78, 5) is 36.1. The second-order valence-electron chi connectivity index (χ2n) is 5.61. The second kappa shape index (κ2) is 10.9. The number of carbonyl (C=O) groups excluding carboxylic acids is 3. The number of carbonyl (C=O) groups is 3. The molecule has 1 N–H and O–H groups in total. The zero-order chi connectivity index (χ0) is 18.7. The van der Waals surface area contributed by atoms with Crippen LogP contribution in [-0.4, -0.2) is 50.4 Å². The number of nitrogens with zero attached hydrogens (tertiary/aromatic N) is 1. The van der Waals surface area contributed by atoms with Gasteiger partial charge in [-0.25, -0.2) is 0 Å². The highest BCUT2D eigenvalue weighted by molar-refractivity contribution is 5.94. The lowest BCUT2D eigenvalue weighted by Gasteiger charge is -2.08. The number of nitrogens with one attached hydrogen (secondary N) is 1. The largest absolute Gasteiger partial charge is 0.469 e. The average Bonchev–Trinajstić information content (AvgIpc) is 2.61. The van der Waals surface area contributed by atoms with Gasteiger partial charge in [-0.3, -0.25) is 14.4 Å². The second-order valence-corrected chi connectivity index (χ2v) is 5.61. The lowest BCUT2D eigenvalue weighted by molar-refractivity contribution is -0.140. The summed E-state index contributed by atoms with van der Waals surface area (Å²) in [5.41, 5.74) is 1.22. The van der Waals surface area contributed by atoms with Gasteiger partial charge >= 0.3 is 5.97 Å². The van der Waals surface area contributed by atoms with E-state index in [1.807, 2.05) is 6.07 Å². The van der Waals surface area contributed by atoms with Crippen molar-refractivity contribution in [2.45, 2.75) is 25.7 Å². The van der Waals surface area contributed by atoms with Gasteiger partial charge in [0.25, 0.3) is 5.91 Å². The summed E-state index contributed by atoms with van der Waals surface area (Å²) in [7, 11) is 4.77. The Bertz CT molecular complexity index is 671.